The van der Waals surface area contributed by atoms with Crippen molar-refractivity contribution in [2.24, 2.45) is 5.10 Å². The van der Waals surface area contributed by atoms with Gasteiger partial charge in [0.2, 0.25) is 5.71 Å². The van der Waals surface area contributed by atoms with Crippen molar-refractivity contribution in [1.29, 1.82) is 0 Å². The second-order valence-corrected chi connectivity index (χ2v) is 4.09. The van der Waals surface area contributed by atoms with Gasteiger partial charge >= 0.3 is 0 Å². The first-order valence-electron chi connectivity index (χ1n) is 5.98. The summed E-state index contributed by atoms with van der Waals surface area (Å²) in [5, 5.41) is 23.3. The third kappa shape index (κ3) is 4.58. The minimum atomic E-state index is -0.0207. The lowest BCUT2D eigenvalue weighted by molar-refractivity contribution is -0.502. The highest BCUT2D eigenvalue weighted by Gasteiger charge is 2.15. The molecule has 0 aromatic heterocycles. The summed E-state index contributed by atoms with van der Waals surface area (Å²) < 4.78 is 1.62. The summed E-state index contributed by atoms with van der Waals surface area (Å²) in [6.45, 7) is 14.2. The molecule has 0 atom stereocenters. The molecule has 0 saturated heterocycles. The predicted octanol–water partition coefficient (Wildman–Crippen LogP) is 3.50. The number of hydrogen-bond acceptors (Lipinski definition) is 3. The smallest absolute Gasteiger partial charge is 0.215 e. The molecule has 0 saturated carbocycles. The largest absolute Gasteiger partial charge is 0.508 e. The summed E-state index contributed by atoms with van der Waals surface area (Å²) in [5.41, 5.74) is 2.61. The van der Waals surface area contributed by atoms with Crippen LogP contribution in [0.3, 0.4) is 0 Å². The van der Waals surface area contributed by atoms with E-state index in [1.807, 2.05) is 13.8 Å². The van der Waals surface area contributed by atoms with Gasteiger partial charge in [0.1, 0.15) is 17.2 Å². The predicted molar refractivity (Wildman–Crippen MR) is 81.0 cm³/mol. The van der Waals surface area contributed by atoms with Crippen LogP contribution >= 0.6 is 0 Å². The van der Waals surface area contributed by atoms with Crippen molar-refractivity contribution in [3.63, 3.8) is 0 Å². The van der Waals surface area contributed by atoms with Gasteiger partial charge in [-0.15, -0.1) is 0 Å². The highest BCUT2D eigenvalue weighted by Crippen LogP contribution is 2.09. The van der Waals surface area contributed by atoms with Crippen LogP contribution in [0.25, 0.3) is 0 Å². The Morgan fingerprint density at radius 2 is 1.42 bits per heavy atom. The van der Waals surface area contributed by atoms with Crippen LogP contribution in [0.1, 0.15) is 27.7 Å². The van der Waals surface area contributed by atoms with Crippen LogP contribution in [0.4, 0.5) is 0 Å². The standard InChI is InChI=1S/C15H22N2O2/c1-8-14(12(5)18)10(3)16-17(7)11(4)15(9-2)13(6)19/h8-9H,5-6H2,1-4,7H3,(H-,18,19)/p+1/b14-8-,15-9-,16-10+,17-11+. The van der Waals surface area contributed by atoms with Gasteiger partial charge in [0.05, 0.1) is 5.57 Å². The lowest BCUT2D eigenvalue weighted by atomic mass is 10.1. The van der Waals surface area contributed by atoms with Crippen LogP contribution in [-0.2, 0) is 0 Å². The first-order chi connectivity index (χ1) is 8.76. The number of aliphatic hydroxyl groups is 2. The zero-order valence-corrected chi connectivity index (χ0v) is 12.4. The fraction of sp³-hybridized carbons (Fsp3) is 0.333. The molecule has 0 unspecified atom stereocenters. The average molecular weight is 263 g/mol. The van der Waals surface area contributed by atoms with E-state index in [4.69, 9.17) is 0 Å². The lowest BCUT2D eigenvalue weighted by Gasteiger charge is -2.04. The quantitative estimate of drug-likeness (QED) is 0.262. The maximum absolute atomic E-state index is 9.48. The summed E-state index contributed by atoms with van der Waals surface area (Å²) in [6, 6.07) is 0. The van der Waals surface area contributed by atoms with E-state index in [9.17, 15) is 10.2 Å². The summed E-state index contributed by atoms with van der Waals surface area (Å²) in [6.07, 6.45) is 3.51. The van der Waals surface area contributed by atoms with Crippen molar-refractivity contribution < 1.29 is 14.9 Å². The van der Waals surface area contributed by atoms with Gasteiger partial charge in [-0.2, -0.15) is 0 Å². The second-order valence-electron chi connectivity index (χ2n) is 4.09. The molecule has 0 aliphatic carbocycles. The van der Waals surface area contributed by atoms with Gasteiger partial charge in [0.25, 0.3) is 0 Å². The van der Waals surface area contributed by atoms with E-state index in [1.54, 1.807) is 37.7 Å². The number of hydrogen-bond donors (Lipinski definition) is 2. The third-order valence-electron chi connectivity index (χ3n) is 2.76. The van der Waals surface area contributed by atoms with Crippen molar-refractivity contribution in [2.75, 3.05) is 7.05 Å². The van der Waals surface area contributed by atoms with Crippen molar-refractivity contribution >= 4 is 11.4 Å². The van der Waals surface area contributed by atoms with Gasteiger partial charge < -0.3 is 10.2 Å². The SMILES string of the molecule is C=C(O)C(=C\C)/C(C)=N/[N+](C)=C(C)/C(=C/C)C(=C)O. The number of rotatable bonds is 5. The van der Waals surface area contributed by atoms with Crippen molar-refractivity contribution in [2.45, 2.75) is 27.7 Å². The van der Waals surface area contributed by atoms with E-state index >= 15 is 0 Å². The van der Waals surface area contributed by atoms with Crippen LogP contribution < -0.4 is 0 Å². The van der Waals surface area contributed by atoms with Crippen molar-refractivity contribution in [1.82, 2.24) is 0 Å². The maximum atomic E-state index is 9.48. The van der Waals surface area contributed by atoms with E-state index in [2.05, 4.69) is 18.3 Å². The molecule has 0 amide bonds. The molecule has 0 fully saturated rings. The molecule has 0 spiro atoms. The normalized spacial score (nSPS) is 15.1. The minimum Gasteiger partial charge on any atom is -0.508 e. The monoisotopic (exact) mass is 263 g/mol. The Kier molecular flexibility index (Phi) is 6.55. The van der Waals surface area contributed by atoms with Gasteiger partial charge in [-0.1, -0.05) is 30.0 Å². The van der Waals surface area contributed by atoms with Crippen LogP contribution in [0.15, 0.2) is 53.1 Å². The minimum absolute atomic E-state index is 0.00229. The van der Waals surface area contributed by atoms with Gasteiger partial charge in [0, 0.05) is 12.5 Å². The average Bonchev–Trinajstić information content (AvgIpc) is 2.29. The summed E-state index contributed by atoms with van der Waals surface area (Å²) in [7, 11) is 1.76. The summed E-state index contributed by atoms with van der Waals surface area (Å²) in [4.78, 5) is 0. The molecule has 4 nitrogen and oxygen atoms in total. The lowest BCUT2D eigenvalue weighted by Crippen LogP contribution is -2.15. The number of aliphatic hydroxyl groups excluding tert-OH is 2. The van der Waals surface area contributed by atoms with Gasteiger partial charge in [-0.05, 0) is 25.9 Å². The van der Waals surface area contributed by atoms with E-state index in [0.29, 0.717) is 16.9 Å². The molecule has 0 heterocycles. The zero-order valence-electron chi connectivity index (χ0n) is 12.4. The van der Waals surface area contributed by atoms with Crippen LogP contribution in [0.2, 0.25) is 0 Å². The van der Waals surface area contributed by atoms with Crippen LogP contribution in [0.5, 0.6) is 0 Å². The molecule has 0 aliphatic heterocycles. The first-order valence-corrected chi connectivity index (χ1v) is 5.98. The van der Waals surface area contributed by atoms with E-state index in [-0.39, 0.29) is 11.5 Å². The molecule has 4 heteroatoms. The highest BCUT2D eigenvalue weighted by atomic mass is 16.3. The fourth-order valence-corrected chi connectivity index (χ4v) is 1.70. The molecule has 104 valence electrons. The molecule has 19 heavy (non-hydrogen) atoms. The zero-order chi connectivity index (χ0) is 15.2. The molecule has 0 rings (SSSR count). The molecule has 0 aromatic carbocycles. The summed E-state index contributed by atoms with van der Waals surface area (Å²) in [5.74, 6) is -0.0230. The molecular formula is C15H23N2O2+. The molecule has 0 aliphatic rings. The molecule has 0 radical (unpaired) electrons. The van der Waals surface area contributed by atoms with Crippen molar-refractivity contribution in [3.05, 3.63) is 48.0 Å². The third-order valence-corrected chi connectivity index (χ3v) is 2.76. The molecule has 2 N–H and O–H groups in total. The molecular weight excluding hydrogens is 240 g/mol. The van der Waals surface area contributed by atoms with Crippen molar-refractivity contribution in [3.8, 4) is 0 Å². The van der Waals surface area contributed by atoms with Gasteiger partial charge in [-0.3, -0.25) is 0 Å². The number of nitrogens with zero attached hydrogens (tertiary/aromatic N) is 2. The van der Waals surface area contributed by atoms with E-state index in [0.717, 1.165) is 5.71 Å². The van der Waals surface area contributed by atoms with E-state index in [1.165, 1.54) is 0 Å². The van der Waals surface area contributed by atoms with Gasteiger partial charge in [-0.25, -0.2) is 0 Å². The molecule has 0 aromatic rings. The Labute approximate surface area is 115 Å². The Morgan fingerprint density at radius 1 is 1.00 bits per heavy atom. The van der Waals surface area contributed by atoms with Gasteiger partial charge in [0.15, 0.2) is 7.05 Å². The van der Waals surface area contributed by atoms with Crippen LogP contribution in [-0.4, -0.2) is 33.4 Å². The Morgan fingerprint density at radius 3 is 1.74 bits per heavy atom. The van der Waals surface area contributed by atoms with E-state index < -0.39 is 0 Å². The number of hydrazone groups is 1. The topological polar surface area (TPSA) is 55.8 Å². The molecule has 0 bridgehead atoms. The first kappa shape index (κ1) is 16.9. The number of allylic oxidation sites excluding steroid dienone is 4. The Balaban J connectivity index is 5.61. The second kappa shape index (κ2) is 7.36. The Bertz CT molecular complexity index is 506. The van der Waals surface area contributed by atoms with Crippen LogP contribution in [0, 0.1) is 0 Å². The fourth-order valence-electron chi connectivity index (χ4n) is 1.70. The maximum Gasteiger partial charge on any atom is 0.215 e. The Hall–Kier alpha value is -2.10. The highest BCUT2D eigenvalue weighted by molar-refractivity contribution is 6.01. The summed E-state index contributed by atoms with van der Waals surface area (Å²) >= 11 is 0.